The number of hydrogen-bond acceptors (Lipinski definition) is 6. The van der Waals surface area contributed by atoms with Gasteiger partial charge in [-0.2, -0.15) is 0 Å². The third-order valence-electron chi connectivity index (χ3n) is 5.45. The second-order valence-electron chi connectivity index (χ2n) is 7.43. The van der Waals surface area contributed by atoms with Crippen molar-refractivity contribution in [3.8, 4) is 0 Å². The maximum Gasteiger partial charge on any atom is 0.214 e. The lowest BCUT2D eigenvalue weighted by Gasteiger charge is -2.36. The standard InChI is InChI=1S/C17H29N3O4S/c1-18(2)25(22,23)13-14-10-20(12-17(14)21)15-5-7-19(8-6-15)11-16-4-3-9-24-16/h3-4,9,14-15,17,21H,5-8,10-13H2,1-2H3/t14-,17+/m0/s1. The third kappa shape index (κ3) is 4.62. The molecule has 0 unspecified atom stereocenters. The van der Waals surface area contributed by atoms with Crippen LogP contribution in [-0.4, -0.2) is 85.8 Å². The molecular formula is C17H29N3O4S. The summed E-state index contributed by atoms with van der Waals surface area (Å²) in [7, 11) is -0.189. The average Bonchev–Trinajstić information content (AvgIpc) is 3.18. The van der Waals surface area contributed by atoms with Crippen LogP contribution in [0, 0.1) is 5.92 Å². The number of sulfonamides is 1. The second kappa shape index (κ2) is 7.75. The molecule has 1 aromatic heterocycles. The summed E-state index contributed by atoms with van der Waals surface area (Å²) >= 11 is 0. The second-order valence-corrected chi connectivity index (χ2v) is 9.66. The van der Waals surface area contributed by atoms with Crippen molar-refractivity contribution in [3.63, 3.8) is 0 Å². The number of piperidine rings is 1. The monoisotopic (exact) mass is 371 g/mol. The van der Waals surface area contributed by atoms with Gasteiger partial charge >= 0.3 is 0 Å². The molecule has 0 bridgehead atoms. The van der Waals surface area contributed by atoms with Crippen molar-refractivity contribution < 1.29 is 17.9 Å². The van der Waals surface area contributed by atoms with Gasteiger partial charge < -0.3 is 9.52 Å². The van der Waals surface area contributed by atoms with Gasteiger partial charge in [0, 0.05) is 52.2 Å². The van der Waals surface area contributed by atoms with Crippen LogP contribution >= 0.6 is 0 Å². The van der Waals surface area contributed by atoms with Crippen molar-refractivity contribution in [1.29, 1.82) is 0 Å². The van der Waals surface area contributed by atoms with E-state index in [0.29, 0.717) is 19.1 Å². The molecule has 8 heteroatoms. The zero-order chi connectivity index (χ0) is 18.0. The van der Waals surface area contributed by atoms with Crippen molar-refractivity contribution in [3.05, 3.63) is 24.2 Å². The van der Waals surface area contributed by atoms with Gasteiger partial charge in [0.2, 0.25) is 10.0 Å². The number of furan rings is 1. The molecule has 3 rings (SSSR count). The van der Waals surface area contributed by atoms with E-state index in [1.807, 2.05) is 12.1 Å². The van der Waals surface area contributed by atoms with Crippen LogP contribution in [0.3, 0.4) is 0 Å². The molecule has 0 radical (unpaired) electrons. The maximum atomic E-state index is 12.1. The molecule has 2 saturated heterocycles. The molecular weight excluding hydrogens is 342 g/mol. The predicted octanol–water partition coefficient (Wildman–Crippen LogP) is 0.428. The summed E-state index contributed by atoms with van der Waals surface area (Å²) in [6.45, 7) is 4.08. The number of rotatable bonds is 6. The van der Waals surface area contributed by atoms with E-state index < -0.39 is 16.1 Å². The quantitative estimate of drug-likeness (QED) is 0.781. The molecule has 0 amide bonds. The Hall–Kier alpha value is -0.930. The zero-order valence-electron chi connectivity index (χ0n) is 15.0. The van der Waals surface area contributed by atoms with E-state index in [-0.39, 0.29) is 11.7 Å². The Morgan fingerprint density at radius 2 is 2.00 bits per heavy atom. The van der Waals surface area contributed by atoms with Gasteiger partial charge in [-0.25, -0.2) is 12.7 Å². The average molecular weight is 372 g/mol. The molecule has 1 aromatic rings. The summed E-state index contributed by atoms with van der Waals surface area (Å²) < 4.78 is 30.8. The highest BCUT2D eigenvalue weighted by molar-refractivity contribution is 7.89. The van der Waals surface area contributed by atoms with Gasteiger partial charge in [0.25, 0.3) is 0 Å². The minimum absolute atomic E-state index is 0.0228. The number of likely N-dealkylation sites (tertiary alicyclic amines) is 2. The highest BCUT2D eigenvalue weighted by Crippen LogP contribution is 2.26. The molecule has 2 aliphatic rings. The first-order valence-corrected chi connectivity index (χ1v) is 10.5. The Bertz CT molecular complexity index is 639. The summed E-state index contributed by atoms with van der Waals surface area (Å²) in [5.41, 5.74) is 0. The molecule has 0 aliphatic carbocycles. The third-order valence-corrected chi connectivity index (χ3v) is 7.41. The first-order chi connectivity index (χ1) is 11.8. The fourth-order valence-electron chi connectivity index (χ4n) is 3.83. The minimum atomic E-state index is -3.28. The van der Waals surface area contributed by atoms with E-state index in [9.17, 15) is 13.5 Å². The Labute approximate surface area is 150 Å². The molecule has 0 spiro atoms. The van der Waals surface area contributed by atoms with E-state index in [1.165, 1.54) is 4.31 Å². The van der Waals surface area contributed by atoms with E-state index in [0.717, 1.165) is 38.2 Å². The predicted molar refractivity (Wildman–Crippen MR) is 95.6 cm³/mol. The van der Waals surface area contributed by atoms with Crippen LogP contribution in [0.5, 0.6) is 0 Å². The van der Waals surface area contributed by atoms with Crippen molar-refractivity contribution in [2.75, 3.05) is 46.0 Å². The van der Waals surface area contributed by atoms with Crippen LogP contribution in [0.1, 0.15) is 18.6 Å². The van der Waals surface area contributed by atoms with Crippen molar-refractivity contribution >= 4 is 10.0 Å². The summed E-state index contributed by atoms with van der Waals surface area (Å²) in [5.74, 6) is 0.812. The van der Waals surface area contributed by atoms with Gasteiger partial charge in [-0.1, -0.05) is 0 Å². The molecule has 0 saturated carbocycles. The van der Waals surface area contributed by atoms with Crippen LogP contribution in [-0.2, 0) is 16.6 Å². The van der Waals surface area contributed by atoms with Gasteiger partial charge in [-0.05, 0) is 25.0 Å². The lowest BCUT2D eigenvalue weighted by molar-refractivity contribution is 0.102. The highest BCUT2D eigenvalue weighted by Gasteiger charge is 2.38. The van der Waals surface area contributed by atoms with Crippen molar-refractivity contribution in [2.45, 2.75) is 31.5 Å². The van der Waals surface area contributed by atoms with Crippen LogP contribution in [0.15, 0.2) is 22.8 Å². The Kier molecular flexibility index (Phi) is 5.85. The molecule has 142 valence electrons. The SMILES string of the molecule is CN(C)S(=O)(=O)C[C@@H]1CN(C2CCN(Cc3ccco3)CC2)C[C@H]1O. The lowest BCUT2D eigenvalue weighted by Crippen LogP contribution is -2.44. The van der Waals surface area contributed by atoms with Gasteiger partial charge in [-0.15, -0.1) is 0 Å². The summed E-state index contributed by atoms with van der Waals surface area (Å²) in [4.78, 5) is 4.67. The van der Waals surface area contributed by atoms with Crippen LogP contribution in [0.4, 0.5) is 0 Å². The van der Waals surface area contributed by atoms with Crippen LogP contribution in [0.25, 0.3) is 0 Å². The summed E-state index contributed by atoms with van der Waals surface area (Å²) in [6.07, 6.45) is 3.23. The topological polar surface area (TPSA) is 77.2 Å². The highest BCUT2D eigenvalue weighted by atomic mass is 32.2. The molecule has 0 aromatic carbocycles. The lowest BCUT2D eigenvalue weighted by atomic mass is 10.0. The van der Waals surface area contributed by atoms with Gasteiger partial charge in [0.05, 0.1) is 24.7 Å². The first-order valence-electron chi connectivity index (χ1n) is 8.92. The molecule has 2 fully saturated rings. The van der Waals surface area contributed by atoms with Crippen molar-refractivity contribution in [2.24, 2.45) is 5.92 Å². The van der Waals surface area contributed by atoms with Gasteiger partial charge in [-0.3, -0.25) is 9.80 Å². The largest absolute Gasteiger partial charge is 0.468 e. The van der Waals surface area contributed by atoms with Gasteiger partial charge in [0.15, 0.2) is 0 Å². The first kappa shape index (κ1) is 18.8. The fraction of sp³-hybridized carbons (Fsp3) is 0.765. The fourth-order valence-corrected chi connectivity index (χ4v) is 5.00. The van der Waals surface area contributed by atoms with E-state index in [4.69, 9.17) is 4.42 Å². The Morgan fingerprint density at radius 3 is 2.60 bits per heavy atom. The molecule has 3 heterocycles. The smallest absolute Gasteiger partial charge is 0.214 e. The zero-order valence-corrected chi connectivity index (χ0v) is 15.9. The van der Waals surface area contributed by atoms with E-state index in [1.54, 1.807) is 20.4 Å². The normalized spacial score (nSPS) is 27.4. The number of nitrogens with zero attached hydrogens (tertiary/aromatic N) is 3. The van der Waals surface area contributed by atoms with Gasteiger partial charge in [0.1, 0.15) is 5.76 Å². The molecule has 1 N–H and O–H groups in total. The number of hydrogen-bond donors (Lipinski definition) is 1. The summed E-state index contributed by atoms with van der Waals surface area (Å²) in [5, 5.41) is 10.3. The van der Waals surface area contributed by atoms with E-state index >= 15 is 0 Å². The summed E-state index contributed by atoms with van der Waals surface area (Å²) in [6, 6.07) is 4.34. The minimum Gasteiger partial charge on any atom is -0.468 e. The number of aliphatic hydroxyl groups excluding tert-OH is 1. The van der Waals surface area contributed by atoms with Crippen molar-refractivity contribution in [1.82, 2.24) is 14.1 Å². The molecule has 2 atom stereocenters. The number of β-amino-alcohol motifs (C(OH)–C–C–N with tert-alkyl or cyclic N) is 1. The van der Waals surface area contributed by atoms with E-state index in [2.05, 4.69) is 9.80 Å². The van der Waals surface area contributed by atoms with Crippen LogP contribution < -0.4 is 0 Å². The maximum absolute atomic E-state index is 12.1. The van der Waals surface area contributed by atoms with Crippen LogP contribution in [0.2, 0.25) is 0 Å². The molecule has 7 nitrogen and oxygen atoms in total. The Morgan fingerprint density at radius 1 is 1.28 bits per heavy atom. The molecule has 25 heavy (non-hydrogen) atoms. The number of aliphatic hydroxyl groups is 1. The molecule has 2 aliphatic heterocycles. The Balaban J connectivity index is 1.49.